The van der Waals surface area contributed by atoms with E-state index in [4.69, 9.17) is 4.74 Å². The van der Waals surface area contributed by atoms with Gasteiger partial charge < -0.3 is 4.74 Å². The van der Waals surface area contributed by atoms with Crippen LogP contribution < -0.4 is 10.2 Å². The van der Waals surface area contributed by atoms with Gasteiger partial charge in [-0.1, -0.05) is 12.1 Å². The quantitative estimate of drug-likeness (QED) is 0.648. The fourth-order valence-electron chi connectivity index (χ4n) is 1.79. The van der Waals surface area contributed by atoms with Crippen molar-refractivity contribution in [2.75, 3.05) is 6.61 Å². The number of rotatable bonds is 5. The van der Waals surface area contributed by atoms with Crippen LogP contribution in [0.25, 0.3) is 0 Å². The van der Waals surface area contributed by atoms with Crippen LogP contribution in [0.2, 0.25) is 0 Å². The summed E-state index contributed by atoms with van der Waals surface area (Å²) in [5.41, 5.74) is 4.56. The summed E-state index contributed by atoms with van der Waals surface area (Å²) in [6.45, 7) is 3.87. The lowest BCUT2D eigenvalue weighted by Gasteiger charge is -2.11. The maximum absolute atomic E-state index is 11.7. The predicted octanol–water partition coefficient (Wildman–Crippen LogP) is 3.66. The van der Waals surface area contributed by atoms with Gasteiger partial charge >= 0.3 is 0 Å². The molecule has 6 heteroatoms. The zero-order chi connectivity index (χ0) is 15.2. The Hall–Kier alpha value is -1.66. The molecule has 0 spiro atoms. The van der Waals surface area contributed by atoms with Crippen LogP contribution in [0, 0.1) is 13.8 Å². The van der Waals surface area contributed by atoms with Crippen molar-refractivity contribution in [2.45, 2.75) is 13.8 Å². The van der Waals surface area contributed by atoms with Gasteiger partial charge in [0.05, 0.1) is 10.7 Å². The number of hydrogen-bond acceptors (Lipinski definition) is 4. The Bertz CT molecular complexity index is 631. The minimum atomic E-state index is -0.297. The summed E-state index contributed by atoms with van der Waals surface area (Å²) in [6, 6.07) is 7.81. The van der Waals surface area contributed by atoms with Crippen LogP contribution in [-0.2, 0) is 4.79 Å². The first-order valence-corrected chi connectivity index (χ1v) is 7.98. The predicted molar refractivity (Wildman–Crippen MR) is 89.2 cm³/mol. The lowest BCUT2D eigenvalue weighted by molar-refractivity contribution is -0.123. The van der Waals surface area contributed by atoms with Crippen LogP contribution in [-0.4, -0.2) is 18.7 Å². The number of hydrogen-bond donors (Lipinski definition) is 1. The van der Waals surface area contributed by atoms with Gasteiger partial charge in [-0.05, 0) is 58.4 Å². The second-order valence-electron chi connectivity index (χ2n) is 4.49. The largest absolute Gasteiger partial charge is 0.482 e. The number of thiophene rings is 1. The van der Waals surface area contributed by atoms with E-state index in [-0.39, 0.29) is 12.5 Å². The van der Waals surface area contributed by atoms with Gasteiger partial charge in [-0.15, -0.1) is 11.3 Å². The number of benzene rings is 1. The Morgan fingerprint density at radius 3 is 2.95 bits per heavy atom. The molecule has 0 atom stereocenters. The zero-order valence-corrected chi connectivity index (χ0v) is 14.1. The molecule has 0 radical (unpaired) electrons. The zero-order valence-electron chi connectivity index (χ0n) is 11.7. The normalized spacial score (nSPS) is 10.8. The van der Waals surface area contributed by atoms with E-state index in [1.54, 1.807) is 17.6 Å². The molecule has 1 heterocycles. The number of carbonyl (C=O) groups excluding carboxylic acids is 1. The third kappa shape index (κ3) is 4.68. The molecule has 2 rings (SSSR count). The number of hydrazone groups is 1. The highest BCUT2D eigenvalue weighted by Crippen LogP contribution is 2.29. The third-order valence-electron chi connectivity index (χ3n) is 2.65. The lowest BCUT2D eigenvalue weighted by Crippen LogP contribution is -2.24. The molecule has 0 fully saturated rings. The Morgan fingerprint density at radius 1 is 1.48 bits per heavy atom. The van der Waals surface area contributed by atoms with Gasteiger partial charge in [-0.3, -0.25) is 4.79 Å². The molecule has 1 aromatic carbocycles. The first-order valence-electron chi connectivity index (χ1n) is 6.31. The highest BCUT2D eigenvalue weighted by molar-refractivity contribution is 9.10. The summed E-state index contributed by atoms with van der Waals surface area (Å²) in [4.78, 5) is 12.7. The van der Waals surface area contributed by atoms with E-state index in [9.17, 15) is 4.79 Å². The fraction of sp³-hybridized carbons (Fsp3) is 0.200. The molecule has 0 bridgehead atoms. The molecule has 0 aliphatic rings. The van der Waals surface area contributed by atoms with Crippen LogP contribution in [0.5, 0.6) is 5.75 Å². The van der Waals surface area contributed by atoms with E-state index in [0.717, 1.165) is 20.5 Å². The maximum Gasteiger partial charge on any atom is 0.277 e. The molecule has 0 unspecified atom stereocenters. The van der Waals surface area contributed by atoms with E-state index in [1.165, 1.54) is 0 Å². The first kappa shape index (κ1) is 15.7. The SMILES string of the molecule is Cc1cc(C)c(OCC(=O)NN=Cc2cccs2)c(Br)c1. The molecule has 1 amide bonds. The van der Waals surface area contributed by atoms with Crippen molar-refractivity contribution >= 4 is 39.4 Å². The molecule has 0 aliphatic heterocycles. The molecule has 1 N–H and O–H groups in total. The van der Waals surface area contributed by atoms with E-state index in [2.05, 4.69) is 26.5 Å². The van der Waals surface area contributed by atoms with E-state index >= 15 is 0 Å². The first-order chi connectivity index (χ1) is 10.1. The van der Waals surface area contributed by atoms with Gasteiger partial charge in [0.2, 0.25) is 0 Å². The highest BCUT2D eigenvalue weighted by atomic mass is 79.9. The summed E-state index contributed by atoms with van der Waals surface area (Å²) in [5, 5.41) is 5.83. The van der Waals surface area contributed by atoms with Gasteiger partial charge in [0.15, 0.2) is 6.61 Å². The smallest absolute Gasteiger partial charge is 0.277 e. The van der Waals surface area contributed by atoms with Gasteiger partial charge in [-0.2, -0.15) is 5.10 Å². The molecule has 4 nitrogen and oxygen atoms in total. The standard InChI is InChI=1S/C15H15BrN2O2S/c1-10-6-11(2)15(13(16)7-10)20-9-14(19)18-17-8-12-4-3-5-21-12/h3-8H,9H2,1-2H3,(H,18,19). The van der Waals surface area contributed by atoms with Crippen molar-refractivity contribution in [3.05, 3.63) is 50.1 Å². The molecule has 1 aromatic heterocycles. The molecular weight excluding hydrogens is 352 g/mol. The number of nitrogens with one attached hydrogen (secondary N) is 1. The second kappa shape index (κ2) is 7.38. The minimum absolute atomic E-state index is 0.0791. The Balaban J connectivity index is 1.87. The van der Waals surface area contributed by atoms with Crippen LogP contribution in [0.1, 0.15) is 16.0 Å². The summed E-state index contributed by atoms with van der Waals surface area (Å²) in [7, 11) is 0. The van der Waals surface area contributed by atoms with E-state index < -0.39 is 0 Å². The summed E-state index contributed by atoms with van der Waals surface area (Å²) in [5.74, 6) is 0.382. The number of amides is 1. The van der Waals surface area contributed by atoms with Gasteiger partial charge in [0.25, 0.3) is 5.91 Å². The molecule has 0 saturated carbocycles. The summed E-state index contributed by atoms with van der Waals surface area (Å²) >= 11 is 4.99. The van der Waals surface area contributed by atoms with Crippen molar-refractivity contribution in [1.29, 1.82) is 0 Å². The van der Waals surface area contributed by atoms with Gasteiger partial charge in [0, 0.05) is 4.88 Å². The number of carbonyl (C=O) groups is 1. The second-order valence-corrected chi connectivity index (χ2v) is 6.32. The fourth-order valence-corrected chi connectivity index (χ4v) is 3.16. The van der Waals surface area contributed by atoms with Crippen LogP contribution >= 0.6 is 27.3 Å². The Kier molecular flexibility index (Phi) is 5.52. The number of nitrogens with zero attached hydrogens (tertiary/aromatic N) is 1. The third-order valence-corrected chi connectivity index (χ3v) is 4.04. The maximum atomic E-state index is 11.7. The topological polar surface area (TPSA) is 50.7 Å². The minimum Gasteiger partial charge on any atom is -0.482 e. The molecule has 0 aliphatic carbocycles. The average Bonchev–Trinajstić information content (AvgIpc) is 2.90. The van der Waals surface area contributed by atoms with Crippen molar-refractivity contribution in [3.8, 4) is 5.75 Å². The highest BCUT2D eigenvalue weighted by Gasteiger charge is 2.08. The molecular formula is C15H15BrN2O2S. The molecule has 2 aromatic rings. The summed E-state index contributed by atoms with van der Waals surface area (Å²) in [6.07, 6.45) is 1.61. The van der Waals surface area contributed by atoms with Crippen molar-refractivity contribution < 1.29 is 9.53 Å². The van der Waals surface area contributed by atoms with Gasteiger partial charge in [-0.25, -0.2) is 5.43 Å². The van der Waals surface area contributed by atoms with Crippen LogP contribution in [0.4, 0.5) is 0 Å². The average molecular weight is 367 g/mol. The van der Waals surface area contributed by atoms with E-state index in [0.29, 0.717) is 5.75 Å². The van der Waals surface area contributed by atoms with Crippen molar-refractivity contribution in [2.24, 2.45) is 5.10 Å². The number of halogens is 1. The molecule has 110 valence electrons. The Morgan fingerprint density at radius 2 is 2.29 bits per heavy atom. The van der Waals surface area contributed by atoms with Crippen LogP contribution in [0.3, 0.4) is 0 Å². The number of aryl methyl sites for hydroxylation is 2. The van der Waals surface area contributed by atoms with Crippen molar-refractivity contribution in [1.82, 2.24) is 5.43 Å². The van der Waals surface area contributed by atoms with Gasteiger partial charge in [0.1, 0.15) is 5.75 Å². The number of ether oxygens (including phenoxy) is 1. The summed E-state index contributed by atoms with van der Waals surface area (Å²) < 4.78 is 6.38. The Labute approximate surface area is 136 Å². The van der Waals surface area contributed by atoms with E-state index in [1.807, 2.05) is 43.5 Å². The van der Waals surface area contributed by atoms with Crippen molar-refractivity contribution in [3.63, 3.8) is 0 Å². The monoisotopic (exact) mass is 366 g/mol. The molecule has 21 heavy (non-hydrogen) atoms. The molecule has 0 saturated heterocycles. The lowest BCUT2D eigenvalue weighted by atomic mass is 10.1. The van der Waals surface area contributed by atoms with Crippen LogP contribution in [0.15, 0.2) is 39.2 Å².